The fraction of sp³-hybridized carbons (Fsp3) is 0.533. The molecule has 0 bridgehead atoms. The van der Waals surface area contributed by atoms with E-state index in [0.29, 0.717) is 4.99 Å². The van der Waals surface area contributed by atoms with Gasteiger partial charge in [-0.05, 0) is 56.4 Å². The number of ether oxygens (including phenoxy) is 1. The Bertz CT molecular complexity index is 478. The van der Waals surface area contributed by atoms with Crippen molar-refractivity contribution in [3.05, 3.63) is 28.8 Å². The SMILES string of the molecule is Cc1cc(C)c(C)c(OCC2(CC(N)=S)CC2)c1. The molecule has 98 valence electrons. The molecule has 0 aromatic heterocycles. The first-order chi connectivity index (χ1) is 8.42. The van der Waals surface area contributed by atoms with E-state index in [1.54, 1.807) is 0 Å². The largest absolute Gasteiger partial charge is 0.493 e. The van der Waals surface area contributed by atoms with E-state index in [-0.39, 0.29) is 5.41 Å². The van der Waals surface area contributed by atoms with Crippen molar-refractivity contribution in [1.29, 1.82) is 0 Å². The minimum atomic E-state index is 0.218. The Kier molecular flexibility index (Phi) is 3.62. The minimum Gasteiger partial charge on any atom is -0.493 e. The Morgan fingerprint density at radius 2 is 2.00 bits per heavy atom. The van der Waals surface area contributed by atoms with Gasteiger partial charge in [-0.3, -0.25) is 0 Å². The number of hydrogen-bond donors (Lipinski definition) is 1. The Balaban J connectivity index is 2.05. The van der Waals surface area contributed by atoms with E-state index in [1.165, 1.54) is 29.5 Å². The standard InChI is InChI=1S/C15H21NOS/c1-10-6-11(2)12(3)13(7-10)17-9-15(4-5-15)8-14(16)18/h6-7H,4-5,8-9H2,1-3H3,(H2,16,18). The number of rotatable bonds is 5. The molecule has 0 spiro atoms. The van der Waals surface area contributed by atoms with E-state index < -0.39 is 0 Å². The predicted octanol–water partition coefficient (Wildman–Crippen LogP) is 3.45. The van der Waals surface area contributed by atoms with Crippen molar-refractivity contribution in [1.82, 2.24) is 0 Å². The highest BCUT2D eigenvalue weighted by Crippen LogP contribution is 2.49. The molecule has 3 heteroatoms. The van der Waals surface area contributed by atoms with Gasteiger partial charge in [-0.15, -0.1) is 0 Å². The smallest absolute Gasteiger partial charge is 0.122 e. The Morgan fingerprint density at radius 3 is 2.56 bits per heavy atom. The quantitative estimate of drug-likeness (QED) is 0.826. The highest BCUT2D eigenvalue weighted by Gasteiger charge is 2.43. The molecule has 2 N–H and O–H groups in total. The molecule has 0 radical (unpaired) electrons. The molecule has 0 unspecified atom stereocenters. The summed E-state index contributed by atoms with van der Waals surface area (Å²) in [7, 11) is 0. The number of nitrogens with two attached hydrogens (primary N) is 1. The summed E-state index contributed by atoms with van der Waals surface area (Å²) in [5, 5.41) is 0. The fourth-order valence-corrected chi connectivity index (χ4v) is 2.61. The van der Waals surface area contributed by atoms with Crippen LogP contribution in [-0.4, -0.2) is 11.6 Å². The molecule has 1 aliphatic rings. The maximum atomic E-state index is 6.01. The maximum Gasteiger partial charge on any atom is 0.122 e. The normalized spacial score (nSPS) is 16.4. The second-order valence-corrected chi connectivity index (χ2v) is 6.16. The number of thiocarbonyl (C=S) groups is 1. The molecular formula is C15H21NOS. The summed E-state index contributed by atoms with van der Waals surface area (Å²) in [6.45, 7) is 7.06. The Morgan fingerprint density at radius 1 is 1.33 bits per heavy atom. The van der Waals surface area contributed by atoms with Crippen LogP contribution in [0, 0.1) is 26.2 Å². The summed E-state index contributed by atoms with van der Waals surface area (Å²) < 4.78 is 6.01. The Hall–Kier alpha value is -1.09. The number of benzene rings is 1. The molecule has 2 rings (SSSR count). The van der Waals surface area contributed by atoms with Crippen LogP contribution in [0.2, 0.25) is 0 Å². The topological polar surface area (TPSA) is 35.2 Å². The summed E-state index contributed by atoms with van der Waals surface area (Å²) in [5.74, 6) is 1.00. The van der Waals surface area contributed by atoms with E-state index >= 15 is 0 Å². The van der Waals surface area contributed by atoms with Crippen molar-refractivity contribution >= 4 is 17.2 Å². The lowest BCUT2D eigenvalue weighted by Crippen LogP contribution is -2.21. The second-order valence-electron chi connectivity index (χ2n) is 5.64. The van der Waals surface area contributed by atoms with Gasteiger partial charge in [0.15, 0.2) is 0 Å². The molecule has 18 heavy (non-hydrogen) atoms. The molecular weight excluding hydrogens is 242 g/mol. The zero-order chi connectivity index (χ0) is 13.3. The van der Waals surface area contributed by atoms with E-state index in [0.717, 1.165) is 18.8 Å². The van der Waals surface area contributed by atoms with Gasteiger partial charge in [-0.25, -0.2) is 0 Å². The van der Waals surface area contributed by atoms with Crippen LogP contribution in [0.25, 0.3) is 0 Å². The third-order valence-corrected chi connectivity index (χ3v) is 3.95. The van der Waals surface area contributed by atoms with Crippen LogP contribution in [0.1, 0.15) is 36.0 Å². The van der Waals surface area contributed by atoms with Gasteiger partial charge in [0.1, 0.15) is 5.75 Å². The first kappa shape index (κ1) is 13.3. The first-order valence-corrected chi connectivity index (χ1v) is 6.82. The summed E-state index contributed by atoms with van der Waals surface area (Å²) in [6, 6.07) is 4.29. The molecule has 1 aromatic rings. The first-order valence-electron chi connectivity index (χ1n) is 6.41. The predicted molar refractivity (Wildman–Crippen MR) is 79.2 cm³/mol. The van der Waals surface area contributed by atoms with Gasteiger partial charge in [0.25, 0.3) is 0 Å². The highest BCUT2D eigenvalue weighted by atomic mass is 32.1. The lowest BCUT2D eigenvalue weighted by molar-refractivity contribution is 0.237. The third-order valence-electron chi connectivity index (χ3n) is 3.80. The molecule has 0 amide bonds. The van der Waals surface area contributed by atoms with Crippen molar-refractivity contribution < 1.29 is 4.74 Å². The van der Waals surface area contributed by atoms with Gasteiger partial charge < -0.3 is 10.5 Å². The van der Waals surface area contributed by atoms with Crippen LogP contribution in [0.4, 0.5) is 0 Å². The van der Waals surface area contributed by atoms with E-state index in [2.05, 4.69) is 32.9 Å². The molecule has 0 atom stereocenters. The van der Waals surface area contributed by atoms with Gasteiger partial charge in [-0.2, -0.15) is 0 Å². The lowest BCUT2D eigenvalue weighted by Gasteiger charge is -2.18. The Labute approximate surface area is 115 Å². The second kappa shape index (κ2) is 4.88. The van der Waals surface area contributed by atoms with E-state index in [1.807, 2.05) is 0 Å². The minimum absolute atomic E-state index is 0.218. The van der Waals surface area contributed by atoms with Crippen LogP contribution >= 0.6 is 12.2 Å². The van der Waals surface area contributed by atoms with Crippen LogP contribution in [0.5, 0.6) is 5.75 Å². The summed E-state index contributed by atoms with van der Waals surface area (Å²) in [6.07, 6.45) is 3.16. The molecule has 0 aliphatic heterocycles. The van der Waals surface area contributed by atoms with Gasteiger partial charge in [0.05, 0.1) is 11.6 Å². The van der Waals surface area contributed by atoms with Crippen molar-refractivity contribution in [2.24, 2.45) is 11.1 Å². The van der Waals surface area contributed by atoms with Gasteiger partial charge in [0, 0.05) is 11.8 Å². The van der Waals surface area contributed by atoms with Crippen molar-refractivity contribution in [3.63, 3.8) is 0 Å². The molecule has 0 saturated heterocycles. The summed E-state index contributed by atoms with van der Waals surface area (Å²) >= 11 is 5.00. The van der Waals surface area contributed by atoms with Crippen LogP contribution < -0.4 is 10.5 Å². The zero-order valence-electron chi connectivity index (χ0n) is 11.4. The third kappa shape index (κ3) is 3.02. The van der Waals surface area contributed by atoms with Gasteiger partial charge >= 0.3 is 0 Å². The maximum absolute atomic E-state index is 6.01. The van der Waals surface area contributed by atoms with E-state index in [9.17, 15) is 0 Å². The van der Waals surface area contributed by atoms with Crippen LogP contribution in [0.3, 0.4) is 0 Å². The fourth-order valence-electron chi connectivity index (χ4n) is 2.30. The highest BCUT2D eigenvalue weighted by molar-refractivity contribution is 7.80. The zero-order valence-corrected chi connectivity index (χ0v) is 12.2. The average molecular weight is 263 g/mol. The summed E-state index contributed by atoms with van der Waals surface area (Å²) in [5.41, 5.74) is 9.61. The van der Waals surface area contributed by atoms with Gasteiger partial charge in [-0.1, -0.05) is 18.3 Å². The lowest BCUT2D eigenvalue weighted by atomic mass is 10.0. The van der Waals surface area contributed by atoms with Crippen LogP contribution in [0.15, 0.2) is 12.1 Å². The monoisotopic (exact) mass is 263 g/mol. The molecule has 0 heterocycles. The molecule has 2 nitrogen and oxygen atoms in total. The van der Waals surface area contributed by atoms with Crippen LogP contribution in [-0.2, 0) is 0 Å². The molecule has 1 aliphatic carbocycles. The van der Waals surface area contributed by atoms with Crippen molar-refractivity contribution in [2.75, 3.05) is 6.61 Å². The molecule has 1 saturated carbocycles. The number of hydrogen-bond acceptors (Lipinski definition) is 2. The average Bonchev–Trinajstić information content (AvgIpc) is 3.01. The summed E-state index contributed by atoms with van der Waals surface area (Å²) in [4.78, 5) is 0.605. The van der Waals surface area contributed by atoms with E-state index in [4.69, 9.17) is 22.7 Å². The molecule has 1 aromatic carbocycles. The number of aryl methyl sites for hydroxylation is 2. The molecule has 1 fully saturated rings. The van der Waals surface area contributed by atoms with Crippen molar-refractivity contribution in [2.45, 2.75) is 40.0 Å². The van der Waals surface area contributed by atoms with Crippen molar-refractivity contribution in [3.8, 4) is 5.75 Å². The van der Waals surface area contributed by atoms with Gasteiger partial charge in [0.2, 0.25) is 0 Å².